The number of hydrogen-bond acceptors (Lipinski definition) is 2. The zero-order valence-corrected chi connectivity index (χ0v) is 22.3. The van der Waals surface area contributed by atoms with E-state index in [-0.39, 0.29) is 22.5 Å². The number of alkyl halides is 3. The molecule has 1 aromatic heterocycles. The predicted molar refractivity (Wildman–Crippen MR) is 148 cm³/mol. The van der Waals surface area contributed by atoms with Crippen LogP contribution in [-0.4, -0.2) is 42.0 Å². The molecule has 0 fully saturated rings. The second kappa shape index (κ2) is 10.0. The first-order chi connectivity index (χ1) is 19.0. The van der Waals surface area contributed by atoms with Gasteiger partial charge in [-0.2, -0.15) is 13.2 Å². The summed E-state index contributed by atoms with van der Waals surface area (Å²) in [6.07, 6.45) is 2.49. The molecule has 0 spiro atoms. The van der Waals surface area contributed by atoms with E-state index in [1.807, 2.05) is 0 Å². The van der Waals surface area contributed by atoms with E-state index in [2.05, 4.69) is 0 Å². The molecule has 4 nitrogen and oxygen atoms in total. The van der Waals surface area contributed by atoms with Crippen molar-refractivity contribution in [1.29, 1.82) is 0 Å². The zero-order valence-electron chi connectivity index (χ0n) is 22.3. The van der Waals surface area contributed by atoms with Crippen molar-refractivity contribution in [2.75, 3.05) is 14.2 Å². The second-order valence-electron chi connectivity index (χ2n) is 9.62. The summed E-state index contributed by atoms with van der Waals surface area (Å²) < 4.78 is 88.1. The van der Waals surface area contributed by atoms with Crippen LogP contribution < -0.4 is 9.47 Å². The Labute approximate surface area is 228 Å². The van der Waals surface area contributed by atoms with Gasteiger partial charge in [-0.3, -0.25) is 0 Å². The molecule has 0 aliphatic carbocycles. The van der Waals surface area contributed by atoms with E-state index in [1.165, 1.54) is 52.4 Å². The molecule has 0 atom stereocenters. The van der Waals surface area contributed by atoms with Gasteiger partial charge >= 0.3 is 13.1 Å². The Bertz CT molecular complexity index is 1620. The summed E-state index contributed by atoms with van der Waals surface area (Å²) in [6, 6.07) is 15.1. The number of rotatable bonds is 6. The van der Waals surface area contributed by atoms with Crippen molar-refractivity contribution < 1.29 is 35.8 Å². The molecule has 0 amide bonds. The number of ether oxygens (including phenoxy) is 2. The highest BCUT2D eigenvalue weighted by Gasteiger charge is 2.59. The molecule has 0 unspecified atom stereocenters. The second-order valence-corrected chi connectivity index (χ2v) is 9.62. The number of hydrogen-bond donors (Lipinski definition) is 0. The van der Waals surface area contributed by atoms with Gasteiger partial charge in [0.2, 0.25) is 0 Å². The van der Waals surface area contributed by atoms with Crippen molar-refractivity contribution in [2.45, 2.75) is 20.0 Å². The van der Waals surface area contributed by atoms with Crippen LogP contribution in [0, 0.1) is 6.92 Å². The lowest BCUT2D eigenvalue weighted by molar-refractivity contribution is -0.363. The van der Waals surface area contributed by atoms with E-state index in [1.54, 1.807) is 60.7 Å². The third-order valence-corrected chi connectivity index (χ3v) is 7.02. The molecule has 3 heterocycles. The number of allylic oxidation sites excluding steroid dienone is 4. The third kappa shape index (κ3) is 4.67. The van der Waals surface area contributed by atoms with Gasteiger partial charge in [-0.25, -0.2) is 0 Å². The molecule has 3 aromatic rings. The maximum Gasteiger partial charge on any atom is 0.737 e. The van der Waals surface area contributed by atoms with Crippen molar-refractivity contribution in [3.05, 3.63) is 106 Å². The lowest BCUT2D eigenvalue weighted by atomic mass is 9.85. The fourth-order valence-electron chi connectivity index (χ4n) is 5.21. The Morgan fingerprint density at radius 3 is 1.82 bits per heavy atom. The molecule has 2 aliphatic heterocycles. The standard InChI is InChI=1S/C30H26BF5N2O2/c1-19-17-23(11-5-21-7-13-25(39-3)14-8-21)37-28(19)27(30(32,33)34)29-20(2)18-24(38(29)31(37,35)36)12-6-22-9-15-26(40-4)16-10-22/h5-18H,1-4H3/b11-5+,12-6+. The van der Waals surface area contributed by atoms with E-state index < -0.39 is 30.1 Å². The summed E-state index contributed by atoms with van der Waals surface area (Å²) in [4.78, 5) is 0. The molecule has 5 rings (SSSR count). The molecule has 0 bridgehead atoms. The Balaban J connectivity index is 1.68. The average molecular weight is 552 g/mol. The summed E-state index contributed by atoms with van der Waals surface area (Å²) >= 11 is 0. The van der Waals surface area contributed by atoms with Crippen molar-refractivity contribution in [3.8, 4) is 11.5 Å². The van der Waals surface area contributed by atoms with Crippen molar-refractivity contribution in [1.82, 2.24) is 4.48 Å². The van der Waals surface area contributed by atoms with E-state index in [0.29, 0.717) is 31.6 Å². The van der Waals surface area contributed by atoms with Gasteiger partial charge in [-0.05, 0) is 73.0 Å². The van der Waals surface area contributed by atoms with Crippen molar-refractivity contribution in [3.63, 3.8) is 0 Å². The molecule has 206 valence electrons. The molecule has 2 aromatic carbocycles. The molecule has 10 heteroatoms. The van der Waals surface area contributed by atoms with E-state index >= 15 is 8.63 Å². The topological polar surface area (TPSA) is 26.4 Å². The molecule has 0 saturated heterocycles. The SMILES string of the molecule is COc1ccc(/C=C/C2=[N+]3C(=C(C(F)(F)F)c4c(C)cc(/C=C/c5ccc(OC)cc5)n4[B-]3(F)F)C(C)=C2)cc1. The molecular weight excluding hydrogens is 526 g/mol. The fourth-order valence-corrected chi connectivity index (χ4v) is 5.21. The first-order valence-electron chi connectivity index (χ1n) is 12.5. The number of aryl methyl sites for hydroxylation is 1. The van der Waals surface area contributed by atoms with Gasteiger partial charge in [0.15, 0.2) is 11.4 Å². The lowest BCUT2D eigenvalue weighted by Crippen LogP contribution is -2.52. The minimum absolute atomic E-state index is 0.0304. The highest BCUT2D eigenvalue weighted by atomic mass is 19.4. The van der Waals surface area contributed by atoms with Crippen LogP contribution in [0.4, 0.5) is 21.8 Å². The van der Waals surface area contributed by atoms with E-state index in [9.17, 15) is 13.2 Å². The number of halogens is 5. The van der Waals surface area contributed by atoms with Crippen LogP contribution in [0.1, 0.15) is 35.0 Å². The van der Waals surface area contributed by atoms with Gasteiger partial charge in [0.1, 0.15) is 17.1 Å². The van der Waals surface area contributed by atoms with Crippen LogP contribution >= 0.6 is 0 Å². The molecule has 0 N–H and O–H groups in total. The van der Waals surface area contributed by atoms with Gasteiger partial charge in [-0.1, -0.05) is 30.3 Å². The largest absolute Gasteiger partial charge is 0.737 e. The van der Waals surface area contributed by atoms with Gasteiger partial charge in [0.05, 0.1) is 14.2 Å². The van der Waals surface area contributed by atoms with Crippen LogP contribution in [0.25, 0.3) is 23.8 Å². The highest BCUT2D eigenvalue weighted by Crippen LogP contribution is 2.48. The Kier molecular flexibility index (Phi) is 6.81. The molecule has 40 heavy (non-hydrogen) atoms. The van der Waals surface area contributed by atoms with Crippen LogP contribution in [0.2, 0.25) is 0 Å². The molecule has 0 radical (unpaired) electrons. The van der Waals surface area contributed by atoms with Crippen LogP contribution in [0.5, 0.6) is 11.5 Å². The Morgan fingerprint density at radius 2 is 1.32 bits per heavy atom. The van der Waals surface area contributed by atoms with E-state index in [0.717, 1.165) is 0 Å². The van der Waals surface area contributed by atoms with Crippen molar-refractivity contribution in [2.24, 2.45) is 0 Å². The predicted octanol–water partition coefficient (Wildman–Crippen LogP) is 7.62. The average Bonchev–Trinajstić information content (AvgIpc) is 3.43. The van der Waals surface area contributed by atoms with Gasteiger partial charge in [0, 0.05) is 29.1 Å². The minimum Gasteiger partial charge on any atom is -0.497 e. The van der Waals surface area contributed by atoms with Crippen LogP contribution in [0.15, 0.2) is 78.0 Å². The number of methoxy groups -OCH3 is 2. The monoisotopic (exact) mass is 552 g/mol. The Morgan fingerprint density at radius 1 is 0.800 bits per heavy atom. The normalized spacial score (nSPS) is 16.6. The molecule has 0 saturated carbocycles. The first kappa shape index (κ1) is 27.2. The number of benzene rings is 2. The maximum absolute atomic E-state index is 16.5. The third-order valence-electron chi connectivity index (χ3n) is 7.02. The Hall–Kier alpha value is -4.34. The smallest absolute Gasteiger partial charge is 0.497 e. The molecule has 2 aliphatic rings. The summed E-state index contributed by atoms with van der Waals surface area (Å²) in [6.45, 7) is -1.84. The van der Waals surface area contributed by atoms with Crippen LogP contribution in [0.3, 0.4) is 0 Å². The summed E-state index contributed by atoms with van der Waals surface area (Å²) in [5, 5.41) is 0. The highest BCUT2D eigenvalue weighted by molar-refractivity contribution is 6.58. The van der Waals surface area contributed by atoms with Gasteiger partial charge in [-0.15, -0.1) is 0 Å². The summed E-state index contributed by atoms with van der Waals surface area (Å²) in [7, 11) is 3.05. The first-order valence-corrected chi connectivity index (χ1v) is 12.5. The number of fused-ring (bicyclic) bond motifs is 2. The maximum atomic E-state index is 16.5. The van der Waals surface area contributed by atoms with E-state index in [4.69, 9.17) is 9.47 Å². The van der Waals surface area contributed by atoms with Crippen molar-refractivity contribution >= 4 is 36.5 Å². The quantitative estimate of drug-likeness (QED) is 0.232. The number of nitrogens with zero attached hydrogens (tertiary/aromatic N) is 2. The zero-order chi connectivity index (χ0) is 28.8. The van der Waals surface area contributed by atoms with Gasteiger partial charge in [0.25, 0.3) is 0 Å². The van der Waals surface area contributed by atoms with Crippen LogP contribution in [-0.2, 0) is 0 Å². The minimum atomic E-state index is -4.87. The fraction of sp³-hybridized carbons (Fsp3) is 0.167. The molecular formula is C30H26BF5N2O2. The number of aromatic nitrogens is 1. The summed E-state index contributed by atoms with van der Waals surface area (Å²) in [5.41, 5.74) is -0.589. The summed E-state index contributed by atoms with van der Waals surface area (Å²) in [5.74, 6) is 1.25. The van der Waals surface area contributed by atoms with Gasteiger partial charge < -0.3 is 27.1 Å². The lowest BCUT2D eigenvalue weighted by Gasteiger charge is -2.34.